The predicted molar refractivity (Wildman–Crippen MR) is 90.6 cm³/mol. The van der Waals surface area contributed by atoms with E-state index < -0.39 is 0 Å². The summed E-state index contributed by atoms with van der Waals surface area (Å²) >= 11 is 5.81. The molecule has 2 rings (SSSR count). The fourth-order valence-electron chi connectivity index (χ4n) is 2.03. The molecule has 0 aliphatic carbocycles. The lowest BCUT2D eigenvalue weighted by molar-refractivity contribution is 0.104. The lowest BCUT2D eigenvalue weighted by Gasteiger charge is -2.09. The molecule has 5 heteroatoms. The lowest BCUT2D eigenvalue weighted by atomic mass is 10.1. The molecule has 120 valence electrons. The first kappa shape index (κ1) is 16.9. The number of carbonyl (C=O) groups is 1. The molecule has 0 bridgehead atoms. The van der Waals surface area contributed by atoms with Crippen LogP contribution in [0.1, 0.15) is 22.8 Å². The predicted octanol–water partition coefficient (Wildman–Crippen LogP) is 4.35. The Bertz CT molecular complexity index is 738. The Balaban J connectivity index is 2.29. The number of para-hydroxylation sites is 1. The summed E-state index contributed by atoms with van der Waals surface area (Å²) < 4.78 is 10.7. The number of carbonyl (C=O) groups excluding carboxylic acids is 1. The summed E-state index contributed by atoms with van der Waals surface area (Å²) in [5, 5.41) is 9.99. The smallest absolute Gasteiger partial charge is 0.189 e. The van der Waals surface area contributed by atoms with E-state index in [1.54, 1.807) is 37.5 Å². The van der Waals surface area contributed by atoms with Crippen molar-refractivity contribution in [2.24, 2.45) is 0 Å². The van der Waals surface area contributed by atoms with Crippen LogP contribution in [0, 0.1) is 0 Å². The van der Waals surface area contributed by atoms with E-state index in [1.165, 1.54) is 18.2 Å². The first-order valence-electron chi connectivity index (χ1n) is 7.07. The fourth-order valence-corrected chi connectivity index (χ4v) is 2.20. The van der Waals surface area contributed by atoms with Crippen LogP contribution < -0.4 is 9.47 Å². The number of aromatic hydroxyl groups is 1. The van der Waals surface area contributed by atoms with E-state index in [1.807, 2.05) is 6.92 Å². The topological polar surface area (TPSA) is 55.8 Å². The second-order valence-electron chi connectivity index (χ2n) is 4.67. The molecule has 0 heterocycles. The number of allylic oxidation sites excluding steroid dienone is 1. The van der Waals surface area contributed by atoms with Crippen LogP contribution in [-0.2, 0) is 0 Å². The highest BCUT2D eigenvalue weighted by molar-refractivity contribution is 6.32. The maximum Gasteiger partial charge on any atom is 0.189 e. The molecule has 0 aliphatic rings. The molecule has 0 fully saturated rings. The van der Waals surface area contributed by atoms with Crippen LogP contribution >= 0.6 is 11.6 Å². The molecule has 2 aromatic carbocycles. The zero-order chi connectivity index (χ0) is 16.8. The molecule has 2 aromatic rings. The molecule has 0 saturated heterocycles. The van der Waals surface area contributed by atoms with Crippen molar-refractivity contribution in [1.82, 2.24) is 0 Å². The Labute approximate surface area is 139 Å². The molecule has 0 unspecified atom stereocenters. The van der Waals surface area contributed by atoms with Gasteiger partial charge in [-0.2, -0.15) is 0 Å². The molecule has 4 nitrogen and oxygen atoms in total. The third-order valence-electron chi connectivity index (χ3n) is 3.19. The number of ether oxygens (including phenoxy) is 2. The molecule has 0 atom stereocenters. The second kappa shape index (κ2) is 7.70. The van der Waals surface area contributed by atoms with Gasteiger partial charge in [-0.1, -0.05) is 17.7 Å². The number of ketones is 1. The van der Waals surface area contributed by atoms with E-state index in [0.717, 1.165) is 5.56 Å². The summed E-state index contributed by atoms with van der Waals surface area (Å²) in [7, 11) is 1.58. The van der Waals surface area contributed by atoms with Crippen LogP contribution in [0.15, 0.2) is 42.5 Å². The van der Waals surface area contributed by atoms with Gasteiger partial charge in [-0.05, 0) is 43.3 Å². The summed E-state index contributed by atoms with van der Waals surface area (Å²) in [5.74, 6) is 0.725. The second-order valence-corrected chi connectivity index (χ2v) is 5.08. The van der Waals surface area contributed by atoms with Gasteiger partial charge in [0.05, 0.1) is 24.3 Å². The van der Waals surface area contributed by atoms with Gasteiger partial charge in [0.1, 0.15) is 17.2 Å². The molecular formula is C18H17ClO4. The number of phenolic OH excluding ortho intramolecular Hbond substituents is 1. The minimum atomic E-state index is -0.344. The fraction of sp³-hybridized carbons (Fsp3) is 0.167. The first-order chi connectivity index (χ1) is 11.1. The lowest BCUT2D eigenvalue weighted by Crippen LogP contribution is -1.97. The van der Waals surface area contributed by atoms with Crippen LogP contribution in [0.2, 0.25) is 5.02 Å². The van der Waals surface area contributed by atoms with E-state index >= 15 is 0 Å². The van der Waals surface area contributed by atoms with Crippen LogP contribution in [-0.4, -0.2) is 24.6 Å². The monoisotopic (exact) mass is 332 g/mol. The summed E-state index contributed by atoms with van der Waals surface area (Å²) in [4.78, 5) is 12.2. The van der Waals surface area contributed by atoms with E-state index in [4.69, 9.17) is 21.1 Å². The van der Waals surface area contributed by atoms with E-state index in [0.29, 0.717) is 18.1 Å². The van der Waals surface area contributed by atoms with Crippen molar-refractivity contribution in [1.29, 1.82) is 0 Å². The van der Waals surface area contributed by atoms with Crippen molar-refractivity contribution in [2.75, 3.05) is 13.7 Å². The van der Waals surface area contributed by atoms with Crippen LogP contribution in [0.5, 0.6) is 17.2 Å². The molecule has 0 spiro atoms. The van der Waals surface area contributed by atoms with Crippen molar-refractivity contribution in [3.8, 4) is 17.2 Å². The summed E-state index contributed by atoms with van der Waals surface area (Å²) in [6, 6.07) is 9.99. The number of rotatable bonds is 6. The zero-order valence-electron chi connectivity index (χ0n) is 12.9. The Morgan fingerprint density at radius 1 is 1.30 bits per heavy atom. The zero-order valence-corrected chi connectivity index (χ0v) is 13.6. The highest BCUT2D eigenvalue weighted by Crippen LogP contribution is 2.29. The Morgan fingerprint density at radius 3 is 2.78 bits per heavy atom. The first-order valence-corrected chi connectivity index (χ1v) is 7.45. The van der Waals surface area contributed by atoms with E-state index in [9.17, 15) is 9.90 Å². The average Bonchev–Trinajstić information content (AvgIpc) is 2.56. The molecule has 0 radical (unpaired) electrons. The summed E-state index contributed by atoms with van der Waals surface area (Å²) in [6.45, 7) is 2.37. The normalized spacial score (nSPS) is 10.7. The molecule has 0 saturated carbocycles. The SMILES string of the molecule is CCOc1cc(OC)ccc1/C=C/C(=O)c1cccc(Cl)c1O. The number of halogens is 1. The third-order valence-corrected chi connectivity index (χ3v) is 3.49. The van der Waals surface area contributed by atoms with Gasteiger partial charge in [0.15, 0.2) is 5.78 Å². The standard InChI is InChI=1S/C18H17ClO4/c1-3-23-17-11-13(22-2)9-7-12(17)8-10-16(20)14-5-4-6-15(19)18(14)21/h4-11,21H,3H2,1-2H3/b10-8+. The number of hydrogen-bond donors (Lipinski definition) is 1. The van der Waals surface area contributed by atoms with Gasteiger partial charge >= 0.3 is 0 Å². The maximum atomic E-state index is 12.2. The molecule has 23 heavy (non-hydrogen) atoms. The molecular weight excluding hydrogens is 316 g/mol. The van der Waals surface area contributed by atoms with Gasteiger partial charge in [0, 0.05) is 11.6 Å². The summed E-state index contributed by atoms with van der Waals surface area (Å²) in [6.07, 6.45) is 3.00. The average molecular weight is 333 g/mol. The van der Waals surface area contributed by atoms with E-state index in [-0.39, 0.29) is 22.1 Å². The Kier molecular flexibility index (Phi) is 5.66. The van der Waals surface area contributed by atoms with E-state index in [2.05, 4.69) is 0 Å². The van der Waals surface area contributed by atoms with Crippen LogP contribution in [0.25, 0.3) is 6.08 Å². The van der Waals surface area contributed by atoms with Crippen molar-refractivity contribution in [3.05, 3.63) is 58.6 Å². The molecule has 0 aliphatic heterocycles. The molecule has 0 amide bonds. The van der Waals surface area contributed by atoms with Gasteiger partial charge in [-0.25, -0.2) is 0 Å². The maximum absolute atomic E-state index is 12.2. The number of hydrogen-bond acceptors (Lipinski definition) is 4. The summed E-state index contributed by atoms with van der Waals surface area (Å²) in [5.41, 5.74) is 0.891. The van der Waals surface area contributed by atoms with Gasteiger partial charge < -0.3 is 14.6 Å². The van der Waals surface area contributed by atoms with Crippen molar-refractivity contribution in [3.63, 3.8) is 0 Å². The Morgan fingerprint density at radius 2 is 2.09 bits per heavy atom. The largest absolute Gasteiger partial charge is 0.506 e. The van der Waals surface area contributed by atoms with Crippen LogP contribution in [0.3, 0.4) is 0 Å². The molecule has 0 aromatic heterocycles. The van der Waals surface area contributed by atoms with Crippen molar-refractivity contribution >= 4 is 23.5 Å². The minimum Gasteiger partial charge on any atom is -0.506 e. The highest BCUT2D eigenvalue weighted by Gasteiger charge is 2.11. The van der Waals surface area contributed by atoms with Gasteiger partial charge in [-0.15, -0.1) is 0 Å². The number of benzene rings is 2. The van der Waals surface area contributed by atoms with Gasteiger partial charge in [-0.3, -0.25) is 4.79 Å². The van der Waals surface area contributed by atoms with Gasteiger partial charge in [0.25, 0.3) is 0 Å². The minimum absolute atomic E-state index is 0.142. The van der Waals surface area contributed by atoms with Crippen LogP contribution in [0.4, 0.5) is 0 Å². The molecule has 1 N–H and O–H groups in total. The number of phenols is 1. The van der Waals surface area contributed by atoms with Gasteiger partial charge in [0.2, 0.25) is 0 Å². The quantitative estimate of drug-likeness (QED) is 0.631. The van der Waals surface area contributed by atoms with Crippen molar-refractivity contribution < 1.29 is 19.4 Å². The third kappa shape index (κ3) is 4.05. The Hall–Kier alpha value is -2.46. The number of methoxy groups -OCH3 is 1. The van der Waals surface area contributed by atoms with Crippen molar-refractivity contribution in [2.45, 2.75) is 6.92 Å². The highest BCUT2D eigenvalue weighted by atomic mass is 35.5.